The van der Waals surface area contributed by atoms with Crippen molar-refractivity contribution in [1.82, 2.24) is 9.97 Å². The molecule has 0 saturated heterocycles. The number of hydrogen-bond donors (Lipinski definition) is 2. The van der Waals surface area contributed by atoms with Gasteiger partial charge in [-0.1, -0.05) is 109 Å². The first-order valence-electron chi connectivity index (χ1n) is 13.5. The maximum Gasteiger partial charge on any atom is 0.184 e. The molecule has 0 saturated carbocycles. The Kier molecular flexibility index (Phi) is 5.43. The van der Waals surface area contributed by atoms with E-state index in [1.54, 1.807) is 0 Å². The van der Waals surface area contributed by atoms with Gasteiger partial charge in [0.05, 0.1) is 10.9 Å². The molecule has 2 aromatic heterocycles. The van der Waals surface area contributed by atoms with E-state index in [0.717, 1.165) is 33.2 Å². The minimum atomic E-state index is -1.24. The Morgan fingerprint density at radius 3 is 1.62 bits per heavy atom. The van der Waals surface area contributed by atoms with Crippen LogP contribution >= 0.6 is 8.15 Å². The standard InChI is InChI=1S/C36H25N2OP/c1-5-15-28-24(10-1)14-9-17-30(28)36-29-16-6-2-11-25(29)20-21-33(36)39-40(34-22-26-12-3-7-18-31(26)37-34)35-23-27-13-4-8-19-32(27)38-35/h1-23,37-38H. The van der Waals surface area contributed by atoms with E-state index in [1.807, 2.05) is 0 Å². The van der Waals surface area contributed by atoms with E-state index in [1.165, 1.54) is 37.9 Å². The molecule has 0 aliphatic rings. The van der Waals surface area contributed by atoms with Gasteiger partial charge in [-0.15, -0.1) is 0 Å². The van der Waals surface area contributed by atoms with E-state index >= 15 is 0 Å². The molecule has 6 aromatic carbocycles. The van der Waals surface area contributed by atoms with Gasteiger partial charge in [-0.3, -0.25) is 0 Å². The van der Waals surface area contributed by atoms with Crippen molar-refractivity contribution in [2.45, 2.75) is 0 Å². The van der Waals surface area contributed by atoms with Gasteiger partial charge < -0.3 is 14.5 Å². The molecule has 0 atom stereocenters. The molecule has 0 amide bonds. The highest BCUT2D eigenvalue weighted by Crippen LogP contribution is 2.46. The summed E-state index contributed by atoms with van der Waals surface area (Å²) < 4.78 is 7.19. The summed E-state index contributed by atoms with van der Waals surface area (Å²) in [6.45, 7) is 0. The van der Waals surface area contributed by atoms with Crippen LogP contribution in [0.5, 0.6) is 5.75 Å². The van der Waals surface area contributed by atoms with Crippen molar-refractivity contribution < 1.29 is 4.52 Å². The number of para-hydroxylation sites is 2. The second-order valence-electron chi connectivity index (χ2n) is 10.1. The predicted molar refractivity (Wildman–Crippen MR) is 170 cm³/mol. The molecule has 8 aromatic rings. The van der Waals surface area contributed by atoms with E-state index in [9.17, 15) is 0 Å². The molecule has 4 heteroatoms. The second kappa shape index (κ2) is 9.41. The monoisotopic (exact) mass is 532 g/mol. The van der Waals surface area contributed by atoms with Crippen LogP contribution in [-0.4, -0.2) is 9.97 Å². The van der Waals surface area contributed by atoms with Gasteiger partial charge in [0.1, 0.15) is 5.75 Å². The SMILES string of the molecule is c1ccc2[nH]c(P(Oc3ccc4ccccc4c3-c3cccc4ccccc34)c3cc4ccccc4[nH]3)cc2c1. The van der Waals surface area contributed by atoms with E-state index in [4.69, 9.17) is 4.52 Å². The predicted octanol–water partition coefficient (Wildman–Crippen LogP) is 9.05. The molecule has 40 heavy (non-hydrogen) atoms. The van der Waals surface area contributed by atoms with Crippen LogP contribution in [-0.2, 0) is 0 Å². The molecular formula is C36H25N2OP. The molecule has 2 heterocycles. The summed E-state index contributed by atoms with van der Waals surface area (Å²) in [5.74, 6) is 0.874. The van der Waals surface area contributed by atoms with Crippen molar-refractivity contribution in [2.24, 2.45) is 0 Å². The summed E-state index contributed by atoms with van der Waals surface area (Å²) in [6.07, 6.45) is 0. The van der Waals surface area contributed by atoms with Crippen molar-refractivity contribution in [2.75, 3.05) is 0 Å². The molecule has 8 rings (SSSR count). The molecule has 0 spiro atoms. The zero-order valence-electron chi connectivity index (χ0n) is 21.6. The molecule has 3 nitrogen and oxygen atoms in total. The number of aromatic amines is 2. The molecule has 190 valence electrons. The molecule has 0 fully saturated rings. The van der Waals surface area contributed by atoms with E-state index < -0.39 is 8.15 Å². The van der Waals surface area contributed by atoms with Crippen LogP contribution < -0.4 is 15.4 Å². The number of benzene rings is 6. The highest BCUT2D eigenvalue weighted by atomic mass is 31.1. The summed E-state index contributed by atoms with van der Waals surface area (Å²) >= 11 is 0. The second-order valence-corrected chi connectivity index (χ2v) is 11.8. The fourth-order valence-electron chi connectivity index (χ4n) is 5.71. The molecule has 0 bridgehead atoms. The highest BCUT2D eigenvalue weighted by Gasteiger charge is 2.24. The lowest BCUT2D eigenvalue weighted by atomic mass is 9.93. The molecule has 2 N–H and O–H groups in total. The summed E-state index contributed by atoms with van der Waals surface area (Å²) in [7, 11) is -1.24. The Balaban J connectivity index is 1.37. The molecule has 0 unspecified atom stereocenters. The summed E-state index contributed by atoms with van der Waals surface area (Å²) in [4.78, 5) is 7.34. The smallest absolute Gasteiger partial charge is 0.184 e. The number of aromatic nitrogens is 2. The Bertz CT molecular complexity index is 2030. The fourth-order valence-corrected chi connectivity index (χ4v) is 7.47. The number of nitrogens with one attached hydrogen (secondary N) is 2. The van der Waals surface area contributed by atoms with Gasteiger partial charge in [0.15, 0.2) is 8.15 Å². The van der Waals surface area contributed by atoms with Crippen LogP contribution in [0, 0.1) is 0 Å². The van der Waals surface area contributed by atoms with Gasteiger partial charge >= 0.3 is 0 Å². The van der Waals surface area contributed by atoms with E-state index in [0.29, 0.717) is 0 Å². The van der Waals surface area contributed by atoms with Crippen molar-refractivity contribution in [3.63, 3.8) is 0 Å². The van der Waals surface area contributed by atoms with Gasteiger partial charge in [-0.2, -0.15) is 0 Å². The van der Waals surface area contributed by atoms with Crippen LogP contribution in [0.2, 0.25) is 0 Å². The largest absolute Gasteiger partial charge is 0.461 e. The number of H-pyrrole nitrogens is 2. The Morgan fingerprint density at radius 2 is 0.975 bits per heavy atom. The lowest BCUT2D eigenvalue weighted by molar-refractivity contribution is 0.632. The maximum atomic E-state index is 7.19. The average Bonchev–Trinajstić information content (AvgIpc) is 3.64. The quantitative estimate of drug-likeness (QED) is 0.213. The first-order valence-corrected chi connectivity index (χ1v) is 14.7. The zero-order valence-corrected chi connectivity index (χ0v) is 22.5. The fraction of sp³-hybridized carbons (Fsp3) is 0. The minimum Gasteiger partial charge on any atom is -0.461 e. The molecular weight excluding hydrogens is 507 g/mol. The maximum absolute atomic E-state index is 7.19. The minimum absolute atomic E-state index is 0.874. The van der Waals surface area contributed by atoms with E-state index in [2.05, 4.69) is 149 Å². The first-order chi connectivity index (χ1) is 19.8. The van der Waals surface area contributed by atoms with Crippen LogP contribution in [0.15, 0.2) is 140 Å². The normalized spacial score (nSPS) is 11.7. The lowest BCUT2D eigenvalue weighted by Gasteiger charge is -2.21. The van der Waals surface area contributed by atoms with Crippen LogP contribution in [0.4, 0.5) is 0 Å². The summed E-state index contributed by atoms with van der Waals surface area (Å²) in [5, 5.41) is 7.16. The van der Waals surface area contributed by atoms with Gasteiger partial charge in [0.2, 0.25) is 0 Å². The van der Waals surface area contributed by atoms with Gasteiger partial charge in [0.25, 0.3) is 0 Å². The zero-order chi connectivity index (χ0) is 26.5. The Morgan fingerprint density at radius 1 is 0.450 bits per heavy atom. The third kappa shape index (κ3) is 3.87. The third-order valence-corrected chi connectivity index (χ3v) is 9.34. The molecule has 0 aliphatic carbocycles. The average molecular weight is 533 g/mol. The number of rotatable bonds is 5. The van der Waals surface area contributed by atoms with Crippen molar-refractivity contribution >= 4 is 62.4 Å². The van der Waals surface area contributed by atoms with Crippen LogP contribution in [0.3, 0.4) is 0 Å². The number of fused-ring (bicyclic) bond motifs is 4. The van der Waals surface area contributed by atoms with E-state index in [-0.39, 0.29) is 0 Å². The Hall–Kier alpha value is -4.85. The van der Waals surface area contributed by atoms with Crippen molar-refractivity contribution in [1.29, 1.82) is 0 Å². The lowest BCUT2D eigenvalue weighted by Crippen LogP contribution is -2.17. The topological polar surface area (TPSA) is 40.8 Å². The highest BCUT2D eigenvalue weighted by molar-refractivity contribution is 7.68. The first kappa shape index (κ1) is 23.1. The Labute approximate surface area is 232 Å². The molecule has 0 radical (unpaired) electrons. The number of hydrogen-bond acceptors (Lipinski definition) is 1. The summed E-state index contributed by atoms with van der Waals surface area (Å²) in [5.41, 5.74) is 6.65. The third-order valence-electron chi connectivity index (χ3n) is 7.61. The van der Waals surface area contributed by atoms with Crippen molar-refractivity contribution in [3.8, 4) is 16.9 Å². The van der Waals surface area contributed by atoms with Gasteiger partial charge in [-0.25, -0.2) is 0 Å². The van der Waals surface area contributed by atoms with Crippen LogP contribution in [0.1, 0.15) is 0 Å². The molecule has 0 aliphatic heterocycles. The summed E-state index contributed by atoms with van der Waals surface area (Å²) in [6, 6.07) is 49.3. The van der Waals surface area contributed by atoms with Crippen molar-refractivity contribution in [3.05, 3.63) is 140 Å². The van der Waals surface area contributed by atoms with Gasteiger partial charge in [0, 0.05) is 27.4 Å². The van der Waals surface area contributed by atoms with Gasteiger partial charge in [-0.05, 0) is 57.4 Å². The van der Waals surface area contributed by atoms with Crippen LogP contribution in [0.25, 0.3) is 54.5 Å².